The number of carbonyl (C=O) groups is 1. The van der Waals surface area contributed by atoms with Crippen LogP contribution < -0.4 is 10.2 Å². The molecule has 0 aliphatic carbocycles. The van der Waals surface area contributed by atoms with Crippen LogP contribution in [0.1, 0.15) is 38.6 Å². The van der Waals surface area contributed by atoms with Crippen LogP contribution in [0.15, 0.2) is 42.5 Å². The van der Waals surface area contributed by atoms with E-state index in [0.717, 1.165) is 11.4 Å². The molecule has 1 aliphatic rings. The van der Waals surface area contributed by atoms with Crippen LogP contribution in [-0.2, 0) is 4.74 Å². The number of hydrogen-bond acceptors (Lipinski definition) is 6. The number of benzene rings is 1. The summed E-state index contributed by atoms with van der Waals surface area (Å²) in [6.45, 7) is 11.1. The summed E-state index contributed by atoms with van der Waals surface area (Å²) < 4.78 is 22.1. The first-order valence-electron chi connectivity index (χ1n) is 11.8. The average molecular weight is 481 g/mol. The summed E-state index contributed by atoms with van der Waals surface area (Å²) in [4.78, 5) is 25.8. The topological polar surface area (TPSA) is 75.5 Å². The fourth-order valence-corrected chi connectivity index (χ4v) is 3.96. The maximum Gasteiger partial charge on any atom is 0.410 e. The molecular formula is C26H33FN6O2. The van der Waals surface area contributed by atoms with Crippen LogP contribution in [0.3, 0.4) is 0 Å². The second-order valence-electron chi connectivity index (χ2n) is 9.94. The smallest absolute Gasteiger partial charge is 0.410 e. The Morgan fingerprint density at radius 3 is 2.49 bits per heavy atom. The van der Waals surface area contributed by atoms with Crippen molar-refractivity contribution in [3.05, 3.63) is 59.7 Å². The Balaban J connectivity index is 1.61. The molecule has 3 heterocycles. The van der Waals surface area contributed by atoms with Gasteiger partial charge in [-0.15, -0.1) is 0 Å². The number of amides is 1. The van der Waals surface area contributed by atoms with Gasteiger partial charge in [0.15, 0.2) is 0 Å². The Labute approximate surface area is 205 Å². The minimum absolute atomic E-state index is 0.247. The third-order valence-corrected chi connectivity index (χ3v) is 6.33. The molecule has 0 saturated carbocycles. The lowest BCUT2D eigenvalue weighted by atomic mass is 10.1. The predicted octanol–water partition coefficient (Wildman–Crippen LogP) is 5.21. The molecule has 9 heteroatoms. The van der Waals surface area contributed by atoms with Crippen LogP contribution in [0.25, 0.3) is 5.95 Å². The van der Waals surface area contributed by atoms with Gasteiger partial charge in [-0.25, -0.2) is 9.18 Å². The van der Waals surface area contributed by atoms with Crippen LogP contribution in [0, 0.1) is 19.7 Å². The molecule has 1 N–H and O–H groups in total. The van der Waals surface area contributed by atoms with Crippen molar-refractivity contribution in [2.75, 3.05) is 30.4 Å². The first-order valence-corrected chi connectivity index (χ1v) is 11.8. The van der Waals surface area contributed by atoms with Gasteiger partial charge in [-0.1, -0.05) is 12.1 Å². The maximum absolute atomic E-state index is 14.3. The van der Waals surface area contributed by atoms with Crippen LogP contribution in [-0.4, -0.2) is 57.3 Å². The van der Waals surface area contributed by atoms with Gasteiger partial charge in [-0.3, -0.25) is 4.57 Å². The fourth-order valence-electron chi connectivity index (χ4n) is 3.96. The highest BCUT2D eigenvalue weighted by Gasteiger charge is 2.31. The molecular weight excluding hydrogens is 447 g/mol. The zero-order valence-electron chi connectivity index (χ0n) is 21.2. The quantitative estimate of drug-likeness (QED) is 0.540. The number of nitrogens with one attached hydrogen (secondary N) is 1. The van der Waals surface area contributed by atoms with Crippen molar-refractivity contribution in [3.63, 3.8) is 0 Å². The molecule has 186 valence electrons. The maximum atomic E-state index is 14.3. The Hall–Kier alpha value is -3.62. The molecule has 2 aromatic heterocycles. The third kappa shape index (κ3) is 5.39. The van der Waals surface area contributed by atoms with Gasteiger partial charge in [0.05, 0.1) is 12.2 Å². The monoisotopic (exact) mass is 480 g/mol. The van der Waals surface area contributed by atoms with E-state index in [1.54, 1.807) is 36.2 Å². The van der Waals surface area contributed by atoms with E-state index in [1.165, 1.54) is 6.07 Å². The summed E-state index contributed by atoms with van der Waals surface area (Å²) in [6.07, 6.45) is 0.109. The van der Waals surface area contributed by atoms with E-state index in [0.29, 0.717) is 42.8 Å². The standard InChI is InChI=1S/C26H33FN6O2/c1-17-11-12-18(2)33(17)24-29-22(28-21-10-8-7-9-20(21)27)15-23(30-24)32-14-13-19(16-32)35-25(34)31(6)26(3,4)5/h7-12,15,19H,13-14,16H2,1-6H3,(H,28,29,30)/t19-/m1/s1. The van der Waals surface area contributed by atoms with E-state index in [1.807, 2.05) is 51.3 Å². The van der Waals surface area contributed by atoms with Gasteiger partial charge in [0.1, 0.15) is 23.6 Å². The number of para-hydroxylation sites is 1. The second kappa shape index (κ2) is 9.56. The number of ether oxygens (including phenoxy) is 1. The van der Waals surface area contributed by atoms with Gasteiger partial charge < -0.3 is 19.9 Å². The number of aromatic nitrogens is 3. The van der Waals surface area contributed by atoms with Crippen molar-refractivity contribution in [1.29, 1.82) is 0 Å². The summed E-state index contributed by atoms with van der Waals surface area (Å²) >= 11 is 0. The van der Waals surface area contributed by atoms with Crippen LogP contribution >= 0.6 is 0 Å². The summed E-state index contributed by atoms with van der Waals surface area (Å²) in [5.74, 6) is 1.30. The Morgan fingerprint density at radius 2 is 1.83 bits per heavy atom. The molecule has 0 unspecified atom stereocenters. The number of hydrogen-bond donors (Lipinski definition) is 1. The highest BCUT2D eigenvalue weighted by molar-refractivity contribution is 5.68. The van der Waals surface area contributed by atoms with Gasteiger partial charge >= 0.3 is 6.09 Å². The molecule has 0 radical (unpaired) electrons. The highest BCUT2D eigenvalue weighted by atomic mass is 19.1. The Kier molecular flexibility index (Phi) is 6.69. The van der Waals surface area contributed by atoms with Gasteiger partial charge in [0.25, 0.3) is 0 Å². The lowest BCUT2D eigenvalue weighted by Crippen LogP contribution is -2.44. The van der Waals surface area contributed by atoms with E-state index in [2.05, 4.69) is 15.2 Å². The normalized spacial score (nSPS) is 15.9. The minimum atomic E-state index is -0.362. The molecule has 8 nitrogen and oxygen atoms in total. The lowest BCUT2D eigenvalue weighted by molar-refractivity contribution is 0.0545. The van der Waals surface area contributed by atoms with Gasteiger partial charge in [0, 0.05) is 43.0 Å². The van der Waals surface area contributed by atoms with E-state index in [9.17, 15) is 9.18 Å². The van der Waals surface area contributed by atoms with Crippen molar-refractivity contribution >= 4 is 23.4 Å². The van der Waals surface area contributed by atoms with E-state index in [-0.39, 0.29) is 23.6 Å². The summed E-state index contributed by atoms with van der Waals surface area (Å²) in [5, 5.41) is 3.09. The SMILES string of the molecule is Cc1ccc(C)n1-c1nc(Nc2ccccc2F)cc(N2CC[C@@H](OC(=O)N(C)C(C)(C)C)C2)n1. The number of aryl methyl sites for hydroxylation is 2. The molecule has 4 rings (SSSR count). The molecule has 1 fully saturated rings. The van der Waals surface area contributed by atoms with Crippen LogP contribution in [0.5, 0.6) is 0 Å². The third-order valence-electron chi connectivity index (χ3n) is 6.33. The van der Waals surface area contributed by atoms with E-state index in [4.69, 9.17) is 9.72 Å². The lowest BCUT2D eigenvalue weighted by Gasteiger charge is -2.32. The van der Waals surface area contributed by atoms with Crippen molar-refractivity contribution in [3.8, 4) is 5.95 Å². The zero-order chi connectivity index (χ0) is 25.3. The predicted molar refractivity (Wildman–Crippen MR) is 135 cm³/mol. The molecule has 1 aliphatic heterocycles. The molecule has 0 bridgehead atoms. The second-order valence-corrected chi connectivity index (χ2v) is 9.94. The summed E-state index contributed by atoms with van der Waals surface area (Å²) in [6, 6.07) is 12.3. The molecule has 35 heavy (non-hydrogen) atoms. The Morgan fingerprint density at radius 1 is 1.14 bits per heavy atom. The van der Waals surface area contributed by atoms with Crippen LogP contribution in [0.2, 0.25) is 0 Å². The number of anilines is 3. The molecule has 0 spiro atoms. The van der Waals surface area contributed by atoms with E-state index >= 15 is 0 Å². The van der Waals surface area contributed by atoms with Gasteiger partial charge in [0.2, 0.25) is 5.95 Å². The molecule has 1 atom stereocenters. The number of carbonyl (C=O) groups excluding carboxylic acids is 1. The fraction of sp³-hybridized carbons (Fsp3) is 0.423. The number of halogens is 1. The van der Waals surface area contributed by atoms with E-state index < -0.39 is 0 Å². The highest BCUT2D eigenvalue weighted by Crippen LogP contribution is 2.27. The van der Waals surface area contributed by atoms with Crippen molar-refractivity contribution < 1.29 is 13.9 Å². The molecule has 1 amide bonds. The first kappa shape index (κ1) is 24.5. The minimum Gasteiger partial charge on any atom is -0.444 e. The number of nitrogens with zero attached hydrogens (tertiary/aromatic N) is 5. The summed E-state index contributed by atoms with van der Waals surface area (Å²) in [5.41, 5.74) is 2.00. The first-order chi connectivity index (χ1) is 16.5. The molecule has 1 aromatic carbocycles. The zero-order valence-corrected chi connectivity index (χ0v) is 21.2. The molecule has 3 aromatic rings. The van der Waals surface area contributed by atoms with Gasteiger partial charge in [-0.2, -0.15) is 9.97 Å². The number of rotatable bonds is 5. The molecule has 1 saturated heterocycles. The van der Waals surface area contributed by atoms with Crippen LogP contribution in [0.4, 0.5) is 26.5 Å². The summed E-state index contributed by atoms with van der Waals surface area (Å²) in [7, 11) is 1.74. The van der Waals surface area contributed by atoms with Crippen molar-refractivity contribution in [2.45, 2.75) is 52.7 Å². The Bertz CT molecular complexity index is 1200. The largest absolute Gasteiger partial charge is 0.444 e. The van der Waals surface area contributed by atoms with Crippen molar-refractivity contribution in [2.24, 2.45) is 0 Å². The van der Waals surface area contributed by atoms with Gasteiger partial charge in [-0.05, 0) is 58.9 Å². The average Bonchev–Trinajstić information content (AvgIpc) is 3.40. The van der Waals surface area contributed by atoms with Crippen molar-refractivity contribution in [1.82, 2.24) is 19.4 Å².